The molecule has 0 radical (unpaired) electrons. The highest BCUT2D eigenvalue weighted by Gasteiger charge is 2.21. The van der Waals surface area contributed by atoms with E-state index >= 15 is 0 Å². The summed E-state index contributed by atoms with van der Waals surface area (Å²) in [6.07, 6.45) is 0.861. The summed E-state index contributed by atoms with van der Waals surface area (Å²) in [4.78, 5) is 16.4. The fraction of sp³-hybridized carbons (Fsp3) is 0.304. The SMILES string of the molecule is CCCC(=O)Oc1nc(-c2ccc(F)cc2)oc1-c1ccc(O)c(OCC(C)C)c1. The van der Waals surface area contributed by atoms with Gasteiger partial charge in [0.15, 0.2) is 17.3 Å². The molecule has 6 nitrogen and oxygen atoms in total. The monoisotopic (exact) mass is 413 g/mol. The number of nitrogens with zero attached hydrogens (tertiary/aromatic N) is 1. The van der Waals surface area contributed by atoms with Crippen LogP contribution in [0.3, 0.4) is 0 Å². The Labute approximate surface area is 174 Å². The van der Waals surface area contributed by atoms with Crippen molar-refractivity contribution in [3.05, 3.63) is 48.3 Å². The second-order valence-corrected chi connectivity index (χ2v) is 7.27. The van der Waals surface area contributed by atoms with Crippen LogP contribution in [-0.2, 0) is 4.79 Å². The average Bonchev–Trinajstić information content (AvgIpc) is 3.11. The number of hydrogen-bond donors (Lipinski definition) is 1. The first-order valence-corrected chi connectivity index (χ1v) is 9.81. The molecule has 0 saturated heterocycles. The van der Waals surface area contributed by atoms with Gasteiger partial charge in [-0.15, -0.1) is 0 Å². The molecule has 0 saturated carbocycles. The lowest BCUT2D eigenvalue weighted by molar-refractivity contribution is -0.134. The summed E-state index contributed by atoms with van der Waals surface area (Å²) < 4.78 is 30.2. The summed E-state index contributed by atoms with van der Waals surface area (Å²) in [6.45, 7) is 6.29. The van der Waals surface area contributed by atoms with Gasteiger partial charge >= 0.3 is 5.97 Å². The Morgan fingerprint density at radius 3 is 2.53 bits per heavy atom. The highest BCUT2D eigenvalue weighted by atomic mass is 19.1. The molecule has 0 aliphatic heterocycles. The van der Waals surface area contributed by atoms with Gasteiger partial charge in [0.25, 0.3) is 5.88 Å². The summed E-state index contributed by atoms with van der Waals surface area (Å²) in [5.74, 6) is 0.129. The van der Waals surface area contributed by atoms with Crippen LogP contribution in [0.25, 0.3) is 22.8 Å². The number of ether oxygens (including phenoxy) is 2. The van der Waals surface area contributed by atoms with E-state index in [9.17, 15) is 14.3 Å². The van der Waals surface area contributed by atoms with Gasteiger partial charge in [-0.25, -0.2) is 4.39 Å². The first kappa shape index (κ1) is 21.4. The van der Waals surface area contributed by atoms with Crippen molar-refractivity contribution in [3.63, 3.8) is 0 Å². The van der Waals surface area contributed by atoms with Crippen LogP contribution in [0.15, 0.2) is 46.9 Å². The molecule has 1 N–H and O–H groups in total. The van der Waals surface area contributed by atoms with Crippen molar-refractivity contribution in [2.24, 2.45) is 5.92 Å². The molecule has 2 aromatic carbocycles. The molecule has 0 bridgehead atoms. The van der Waals surface area contributed by atoms with Gasteiger partial charge in [-0.3, -0.25) is 4.79 Å². The van der Waals surface area contributed by atoms with Crippen LogP contribution in [0.1, 0.15) is 33.6 Å². The predicted octanol–water partition coefficient (Wildman–Crippen LogP) is 5.59. The van der Waals surface area contributed by atoms with Crippen molar-refractivity contribution in [2.75, 3.05) is 6.61 Å². The van der Waals surface area contributed by atoms with Gasteiger partial charge in [0, 0.05) is 17.5 Å². The average molecular weight is 413 g/mol. The first-order chi connectivity index (χ1) is 14.4. The van der Waals surface area contributed by atoms with Crippen LogP contribution >= 0.6 is 0 Å². The van der Waals surface area contributed by atoms with Crippen molar-refractivity contribution in [2.45, 2.75) is 33.6 Å². The van der Waals surface area contributed by atoms with Gasteiger partial charge in [-0.2, -0.15) is 4.98 Å². The second kappa shape index (κ2) is 9.43. The maximum absolute atomic E-state index is 13.3. The highest BCUT2D eigenvalue weighted by Crippen LogP contribution is 2.39. The number of carbonyl (C=O) groups excluding carboxylic acids is 1. The normalized spacial score (nSPS) is 11.0. The number of esters is 1. The van der Waals surface area contributed by atoms with E-state index in [0.29, 0.717) is 24.2 Å². The summed E-state index contributed by atoms with van der Waals surface area (Å²) in [5, 5.41) is 10.1. The van der Waals surface area contributed by atoms with Gasteiger partial charge in [0.1, 0.15) is 5.82 Å². The molecule has 158 valence electrons. The van der Waals surface area contributed by atoms with E-state index < -0.39 is 5.97 Å². The molecular weight excluding hydrogens is 389 g/mol. The van der Waals surface area contributed by atoms with Crippen LogP contribution in [0, 0.1) is 11.7 Å². The van der Waals surface area contributed by atoms with Crippen LogP contribution in [0.4, 0.5) is 4.39 Å². The number of aromatic hydroxyl groups is 1. The van der Waals surface area contributed by atoms with E-state index in [1.54, 1.807) is 12.1 Å². The zero-order chi connectivity index (χ0) is 21.7. The number of oxazole rings is 1. The van der Waals surface area contributed by atoms with Gasteiger partial charge in [0.05, 0.1) is 6.61 Å². The molecule has 0 fully saturated rings. The van der Waals surface area contributed by atoms with E-state index in [1.165, 1.54) is 30.3 Å². The standard InChI is InChI=1S/C23H24FNO5/c1-4-5-20(27)29-23-21(30-22(25-23)15-6-9-17(24)10-7-15)16-8-11-18(26)19(12-16)28-13-14(2)3/h6-12,14,26H,4-5,13H2,1-3H3. The zero-order valence-electron chi connectivity index (χ0n) is 17.1. The molecule has 3 rings (SSSR count). The Morgan fingerprint density at radius 2 is 1.87 bits per heavy atom. The minimum absolute atomic E-state index is 0.00766. The van der Waals surface area contributed by atoms with Crippen LogP contribution in [0.2, 0.25) is 0 Å². The van der Waals surface area contributed by atoms with Crippen molar-refractivity contribution in [1.29, 1.82) is 0 Å². The number of aromatic nitrogens is 1. The maximum Gasteiger partial charge on any atom is 0.312 e. The van der Waals surface area contributed by atoms with E-state index in [1.807, 2.05) is 20.8 Å². The van der Waals surface area contributed by atoms with Gasteiger partial charge < -0.3 is 19.0 Å². The number of rotatable bonds is 8. The van der Waals surface area contributed by atoms with Crippen molar-refractivity contribution >= 4 is 5.97 Å². The largest absolute Gasteiger partial charge is 0.504 e. The fourth-order valence-corrected chi connectivity index (χ4v) is 2.66. The Morgan fingerprint density at radius 1 is 1.17 bits per heavy atom. The summed E-state index contributed by atoms with van der Waals surface area (Å²) in [5.41, 5.74) is 1.05. The molecule has 0 amide bonds. The first-order valence-electron chi connectivity index (χ1n) is 9.81. The summed E-state index contributed by atoms with van der Waals surface area (Å²) >= 11 is 0. The second-order valence-electron chi connectivity index (χ2n) is 7.27. The molecule has 30 heavy (non-hydrogen) atoms. The number of benzene rings is 2. The molecule has 7 heteroatoms. The third-order valence-electron chi connectivity index (χ3n) is 4.15. The van der Waals surface area contributed by atoms with Crippen molar-refractivity contribution < 1.29 is 28.2 Å². The predicted molar refractivity (Wildman–Crippen MR) is 110 cm³/mol. The lowest BCUT2D eigenvalue weighted by atomic mass is 10.1. The third-order valence-corrected chi connectivity index (χ3v) is 4.15. The Kier molecular flexibility index (Phi) is 6.72. The Bertz CT molecular complexity index is 1010. The summed E-state index contributed by atoms with van der Waals surface area (Å²) in [7, 11) is 0. The minimum atomic E-state index is -0.437. The molecular formula is C23H24FNO5. The molecule has 0 spiro atoms. The number of hydrogen-bond acceptors (Lipinski definition) is 6. The highest BCUT2D eigenvalue weighted by molar-refractivity contribution is 5.76. The van der Waals surface area contributed by atoms with Crippen LogP contribution in [-0.4, -0.2) is 22.7 Å². The van der Waals surface area contributed by atoms with E-state index in [4.69, 9.17) is 13.9 Å². The quantitative estimate of drug-likeness (QED) is 0.485. The molecule has 0 atom stereocenters. The van der Waals surface area contributed by atoms with Crippen LogP contribution in [0.5, 0.6) is 17.4 Å². The van der Waals surface area contributed by atoms with Crippen molar-refractivity contribution in [1.82, 2.24) is 4.98 Å². The number of halogens is 1. The minimum Gasteiger partial charge on any atom is -0.504 e. The zero-order valence-corrected chi connectivity index (χ0v) is 17.1. The van der Waals surface area contributed by atoms with Crippen LogP contribution < -0.4 is 9.47 Å². The number of phenols is 1. The molecule has 0 unspecified atom stereocenters. The molecule has 0 aliphatic carbocycles. The molecule has 3 aromatic rings. The fourth-order valence-electron chi connectivity index (χ4n) is 2.66. The number of phenolic OH excluding ortho intramolecular Hbond substituents is 1. The molecule has 1 heterocycles. The van der Waals surface area contributed by atoms with Gasteiger partial charge in [-0.1, -0.05) is 20.8 Å². The Hall–Kier alpha value is -3.35. The van der Waals surface area contributed by atoms with E-state index in [-0.39, 0.29) is 47.2 Å². The van der Waals surface area contributed by atoms with Gasteiger partial charge in [-0.05, 0) is 54.8 Å². The number of carbonyl (C=O) groups is 1. The third kappa shape index (κ3) is 5.17. The lowest BCUT2D eigenvalue weighted by Gasteiger charge is -2.11. The Balaban J connectivity index is 2.02. The molecule has 0 aliphatic rings. The smallest absolute Gasteiger partial charge is 0.312 e. The van der Waals surface area contributed by atoms with Crippen molar-refractivity contribution in [3.8, 4) is 40.2 Å². The topological polar surface area (TPSA) is 81.8 Å². The summed E-state index contributed by atoms with van der Waals surface area (Å²) in [6, 6.07) is 10.3. The van der Waals surface area contributed by atoms with Gasteiger partial charge in [0.2, 0.25) is 5.89 Å². The lowest BCUT2D eigenvalue weighted by Crippen LogP contribution is -2.08. The molecule has 1 aromatic heterocycles. The van der Waals surface area contributed by atoms with E-state index in [0.717, 1.165) is 0 Å². The van der Waals surface area contributed by atoms with E-state index in [2.05, 4.69) is 4.98 Å². The maximum atomic E-state index is 13.3.